The number of nitrogens with zero attached hydrogens (tertiary/aromatic N) is 2. The molecule has 0 saturated heterocycles. The molecule has 5 nitrogen and oxygen atoms in total. The molecule has 2 unspecified atom stereocenters. The van der Waals surface area contributed by atoms with Gasteiger partial charge in [-0.25, -0.2) is 4.98 Å². The van der Waals surface area contributed by atoms with E-state index in [0.29, 0.717) is 29.3 Å². The lowest BCUT2D eigenvalue weighted by Gasteiger charge is -2.31. The molecule has 1 heterocycles. The van der Waals surface area contributed by atoms with Gasteiger partial charge in [-0.15, -0.1) is 0 Å². The molecule has 0 radical (unpaired) electrons. The summed E-state index contributed by atoms with van der Waals surface area (Å²) in [7, 11) is 1.63. The van der Waals surface area contributed by atoms with E-state index in [2.05, 4.69) is 36.1 Å². The average molecular weight is 293 g/mol. The molecule has 1 aliphatic carbocycles. The first kappa shape index (κ1) is 15.9. The van der Waals surface area contributed by atoms with Crippen molar-refractivity contribution >= 4 is 5.82 Å². The summed E-state index contributed by atoms with van der Waals surface area (Å²) in [6.45, 7) is 7.54. The predicted molar refractivity (Wildman–Crippen MR) is 84.0 cm³/mol. The summed E-state index contributed by atoms with van der Waals surface area (Å²) in [5.74, 6) is 3.27. The number of anilines is 1. The summed E-state index contributed by atoms with van der Waals surface area (Å²) in [6.07, 6.45) is 6.22. The molecule has 0 amide bonds. The molecular formula is C16H27N3O2. The van der Waals surface area contributed by atoms with E-state index in [1.54, 1.807) is 7.11 Å². The minimum absolute atomic E-state index is 0.214. The van der Waals surface area contributed by atoms with Crippen molar-refractivity contribution in [2.45, 2.75) is 52.6 Å². The summed E-state index contributed by atoms with van der Waals surface area (Å²) in [5.41, 5.74) is 0. The van der Waals surface area contributed by atoms with Gasteiger partial charge in [-0.2, -0.15) is 4.98 Å². The Hall–Kier alpha value is -1.52. The van der Waals surface area contributed by atoms with Crippen molar-refractivity contribution in [1.29, 1.82) is 0 Å². The van der Waals surface area contributed by atoms with Crippen LogP contribution in [-0.4, -0.2) is 29.7 Å². The third kappa shape index (κ3) is 4.22. The second kappa shape index (κ2) is 7.48. The lowest BCUT2D eigenvalue weighted by Crippen LogP contribution is -2.29. The van der Waals surface area contributed by atoms with E-state index >= 15 is 0 Å². The van der Waals surface area contributed by atoms with Gasteiger partial charge in [0.2, 0.25) is 5.75 Å². The van der Waals surface area contributed by atoms with Crippen molar-refractivity contribution in [3.63, 3.8) is 0 Å². The number of hydrogen-bond acceptors (Lipinski definition) is 5. The van der Waals surface area contributed by atoms with E-state index in [4.69, 9.17) is 9.47 Å². The van der Waals surface area contributed by atoms with Crippen molar-refractivity contribution in [3.8, 4) is 11.6 Å². The molecule has 21 heavy (non-hydrogen) atoms. The van der Waals surface area contributed by atoms with Gasteiger partial charge < -0.3 is 14.8 Å². The van der Waals surface area contributed by atoms with Gasteiger partial charge in [-0.05, 0) is 37.5 Å². The number of hydrogen-bond donors (Lipinski definition) is 1. The van der Waals surface area contributed by atoms with Gasteiger partial charge >= 0.3 is 0 Å². The highest BCUT2D eigenvalue weighted by atomic mass is 16.5. The van der Waals surface area contributed by atoms with Crippen LogP contribution in [0.4, 0.5) is 5.82 Å². The maximum absolute atomic E-state index is 6.12. The number of ether oxygens (including phenoxy) is 2. The SMILES string of the molecule is CCCNc1ncnc(OC2CC(C)CC(C)C2)c1OC. The Morgan fingerprint density at radius 3 is 2.52 bits per heavy atom. The van der Waals surface area contributed by atoms with E-state index in [1.807, 2.05) is 0 Å². The van der Waals surface area contributed by atoms with Gasteiger partial charge in [0.05, 0.1) is 7.11 Å². The highest BCUT2D eigenvalue weighted by Crippen LogP contribution is 2.36. The second-order valence-corrected chi connectivity index (χ2v) is 6.14. The van der Waals surface area contributed by atoms with Gasteiger partial charge in [0.1, 0.15) is 12.4 Å². The molecule has 0 aliphatic heterocycles. The molecule has 1 aromatic rings. The maximum Gasteiger partial charge on any atom is 0.262 e. The standard InChI is InChI=1S/C16H27N3O2/c1-5-6-17-15-14(20-4)16(19-10-18-15)21-13-8-11(2)7-12(3)9-13/h10-13H,5-9H2,1-4H3,(H,17,18,19). The van der Waals surface area contributed by atoms with Gasteiger partial charge in [0, 0.05) is 6.54 Å². The topological polar surface area (TPSA) is 56.3 Å². The van der Waals surface area contributed by atoms with Crippen LogP contribution >= 0.6 is 0 Å². The Bertz CT molecular complexity index is 443. The molecule has 0 aromatic carbocycles. The molecule has 0 bridgehead atoms. The van der Waals surface area contributed by atoms with Crippen LogP contribution in [-0.2, 0) is 0 Å². The van der Waals surface area contributed by atoms with Gasteiger partial charge in [0.25, 0.3) is 5.88 Å². The fourth-order valence-electron chi connectivity index (χ4n) is 3.12. The molecular weight excluding hydrogens is 266 g/mol. The van der Waals surface area contributed by atoms with Crippen molar-refractivity contribution in [2.75, 3.05) is 19.0 Å². The lowest BCUT2D eigenvalue weighted by molar-refractivity contribution is 0.0933. The number of nitrogens with one attached hydrogen (secondary N) is 1. The molecule has 5 heteroatoms. The van der Waals surface area contributed by atoms with E-state index in [0.717, 1.165) is 25.8 Å². The number of methoxy groups -OCH3 is 1. The minimum Gasteiger partial charge on any atom is -0.489 e. The molecule has 1 N–H and O–H groups in total. The van der Waals surface area contributed by atoms with Gasteiger partial charge in [0.15, 0.2) is 5.82 Å². The van der Waals surface area contributed by atoms with Crippen LogP contribution in [0.25, 0.3) is 0 Å². The third-order valence-electron chi connectivity index (χ3n) is 3.93. The van der Waals surface area contributed by atoms with Crippen LogP contribution < -0.4 is 14.8 Å². The number of rotatable bonds is 6. The second-order valence-electron chi connectivity index (χ2n) is 6.14. The Kier molecular flexibility index (Phi) is 5.65. The first-order chi connectivity index (χ1) is 10.1. The fourth-order valence-corrected chi connectivity index (χ4v) is 3.12. The fraction of sp³-hybridized carbons (Fsp3) is 0.750. The normalized spacial score (nSPS) is 25.4. The van der Waals surface area contributed by atoms with E-state index in [9.17, 15) is 0 Å². The molecule has 1 fully saturated rings. The molecule has 2 atom stereocenters. The van der Waals surface area contributed by atoms with Crippen LogP contribution in [0.15, 0.2) is 6.33 Å². The van der Waals surface area contributed by atoms with Crippen molar-refractivity contribution in [1.82, 2.24) is 9.97 Å². The maximum atomic E-state index is 6.12. The quantitative estimate of drug-likeness (QED) is 0.869. The Morgan fingerprint density at radius 1 is 1.19 bits per heavy atom. The van der Waals surface area contributed by atoms with Gasteiger partial charge in [-0.1, -0.05) is 20.8 Å². The summed E-state index contributed by atoms with van der Waals surface area (Å²) in [6, 6.07) is 0. The van der Waals surface area contributed by atoms with E-state index < -0.39 is 0 Å². The zero-order valence-electron chi connectivity index (χ0n) is 13.6. The Labute approximate surface area is 127 Å². The van der Waals surface area contributed by atoms with Crippen molar-refractivity contribution < 1.29 is 9.47 Å². The molecule has 1 aromatic heterocycles. The smallest absolute Gasteiger partial charge is 0.262 e. The zero-order chi connectivity index (χ0) is 15.2. The first-order valence-electron chi connectivity index (χ1n) is 7.93. The largest absolute Gasteiger partial charge is 0.489 e. The van der Waals surface area contributed by atoms with Crippen LogP contribution in [0.3, 0.4) is 0 Å². The van der Waals surface area contributed by atoms with Crippen LogP contribution in [0.5, 0.6) is 11.6 Å². The first-order valence-corrected chi connectivity index (χ1v) is 7.93. The van der Waals surface area contributed by atoms with E-state index in [1.165, 1.54) is 12.7 Å². The Balaban J connectivity index is 2.11. The average Bonchev–Trinajstić information content (AvgIpc) is 2.44. The lowest BCUT2D eigenvalue weighted by atomic mass is 9.82. The summed E-state index contributed by atoms with van der Waals surface area (Å²) < 4.78 is 11.6. The zero-order valence-corrected chi connectivity index (χ0v) is 13.6. The molecule has 1 aliphatic rings. The minimum atomic E-state index is 0.214. The summed E-state index contributed by atoms with van der Waals surface area (Å²) in [5, 5.41) is 3.25. The third-order valence-corrected chi connectivity index (χ3v) is 3.93. The van der Waals surface area contributed by atoms with Crippen LogP contribution in [0, 0.1) is 11.8 Å². The summed E-state index contributed by atoms with van der Waals surface area (Å²) in [4.78, 5) is 8.51. The molecule has 118 valence electrons. The highest BCUT2D eigenvalue weighted by molar-refractivity contribution is 5.55. The molecule has 1 saturated carbocycles. The Morgan fingerprint density at radius 2 is 1.90 bits per heavy atom. The summed E-state index contributed by atoms with van der Waals surface area (Å²) >= 11 is 0. The van der Waals surface area contributed by atoms with E-state index in [-0.39, 0.29) is 6.10 Å². The van der Waals surface area contributed by atoms with Gasteiger partial charge in [-0.3, -0.25) is 0 Å². The van der Waals surface area contributed by atoms with Crippen molar-refractivity contribution in [2.24, 2.45) is 11.8 Å². The highest BCUT2D eigenvalue weighted by Gasteiger charge is 2.27. The number of aromatic nitrogens is 2. The van der Waals surface area contributed by atoms with Crippen LogP contribution in [0.1, 0.15) is 46.5 Å². The molecule has 0 spiro atoms. The predicted octanol–water partition coefficient (Wildman–Crippen LogP) is 3.51. The monoisotopic (exact) mass is 293 g/mol. The van der Waals surface area contributed by atoms with Crippen LogP contribution in [0.2, 0.25) is 0 Å². The molecule has 2 rings (SSSR count). The van der Waals surface area contributed by atoms with Crippen molar-refractivity contribution in [3.05, 3.63) is 6.33 Å².